The van der Waals surface area contributed by atoms with Crippen molar-refractivity contribution >= 4 is 87.6 Å². The molecule has 0 unspecified atom stereocenters. The lowest BCUT2D eigenvalue weighted by Crippen LogP contribution is -1.99. The zero-order chi connectivity index (χ0) is 41.4. The molecule has 7 N–H and O–H groups in total. The van der Waals surface area contributed by atoms with Crippen LogP contribution in [0.25, 0.3) is 32.7 Å². The van der Waals surface area contributed by atoms with Gasteiger partial charge in [0.05, 0.1) is 33.3 Å². The van der Waals surface area contributed by atoms with Gasteiger partial charge in [0.2, 0.25) is 0 Å². The van der Waals surface area contributed by atoms with Crippen LogP contribution >= 0.6 is 0 Å². The summed E-state index contributed by atoms with van der Waals surface area (Å²) in [6.07, 6.45) is 0. The Kier molecular flexibility index (Phi) is 10.2. The molecule has 7 rings (SSSR count). The van der Waals surface area contributed by atoms with Crippen LogP contribution in [0.2, 0.25) is 0 Å². The zero-order valence-electron chi connectivity index (χ0n) is 29.4. The minimum atomic E-state index is -4.92. The number of carbonyl (C=O) groups is 1. The van der Waals surface area contributed by atoms with Gasteiger partial charge >= 0.3 is 5.97 Å². The molecule has 7 aromatic rings. The van der Waals surface area contributed by atoms with Gasteiger partial charge in [-0.2, -0.15) is 32.2 Å². The molecule has 0 aliphatic rings. The summed E-state index contributed by atoms with van der Waals surface area (Å²) in [6.45, 7) is 0. The van der Waals surface area contributed by atoms with E-state index in [9.17, 15) is 46.1 Å². The van der Waals surface area contributed by atoms with Gasteiger partial charge in [0.1, 0.15) is 21.9 Å². The number of fused-ring (bicyclic) bond motifs is 2. The number of aromatic carboxylic acids is 1. The lowest BCUT2D eigenvalue weighted by Gasteiger charge is -2.10. The Labute approximate surface area is 328 Å². The molecule has 0 saturated heterocycles. The van der Waals surface area contributed by atoms with Crippen molar-refractivity contribution in [3.63, 3.8) is 0 Å². The average molecular weight is 818 g/mol. The molecule has 0 amide bonds. The Bertz CT molecular complexity index is 3120. The second-order valence-electron chi connectivity index (χ2n) is 12.5. The number of rotatable bonds is 10. The van der Waals surface area contributed by atoms with Crippen LogP contribution in [-0.2, 0) is 20.2 Å². The second kappa shape index (κ2) is 15.2. The van der Waals surface area contributed by atoms with Crippen molar-refractivity contribution in [2.75, 3.05) is 5.73 Å². The lowest BCUT2D eigenvalue weighted by atomic mass is 10.1. The predicted octanol–water partition coefficient (Wildman–Crippen LogP) is 10.1. The maximum Gasteiger partial charge on any atom is 0.339 e. The number of carboxylic acids is 1. The quantitative estimate of drug-likeness (QED) is 0.0428. The number of carboxylic acid groups (broad SMARTS) is 1. The maximum atomic E-state index is 12.3. The number of nitrogens with zero attached hydrogens (tertiary/aromatic N) is 6. The average Bonchev–Trinajstić information content (AvgIpc) is 3.19. The number of azo groups is 3. The molecule has 0 radical (unpaired) electrons. The Morgan fingerprint density at radius 2 is 1.10 bits per heavy atom. The molecular weight excluding hydrogens is 791 g/mol. The number of hydrogen-bond donors (Lipinski definition) is 6. The normalized spacial score (nSPS) is 12.4. The van der Waals surface area contributed by atoms with E-state index < -0.39 is 47.4 Å². The summed E-state index contributed by atoms with van der Waals surface area (Å²) >= 11 is 0. The largest absolute Gasteiger partial charge is 0.507 e. The van der Waals surface area contributed by atoms with Crippen LogP contribution in [0.15, 0.2) is 162 Å². The van der Waals surface area contributed by atoms with Gasteiger partial charge < -0.3 is 21.1 Å². The maximum absolute atomic E-state index is 12.3. The zero-order valence-corrected chi connectivity index (χ0v) is 31.0. The van der Waals surface area contributed by atoms with E-state index in [1.165, 1.54) is 54.6 Å². The number of aromatic hydroxyl groups is 2. The Balaban J connectivity index is 1.16. The first kappa shape index (κ1) is 38.8. The summed E-state index contributed by atoms with van der Waals surface area (Å²) in [7, 11) is -9.60. The van der Waals surface area contributed by atoms with E-state index in [4.69, 9.17) is 5.73 Å². The van der Waals surface area contributed by atoms with E-state index in [0.29, 0.717) is 16.8 Å². The first-order valence-electron chi connectivity index (χ1n) is 16.6. The standard InChI is InChI=1S/C39H27N7O10S2/c40-24-6-1-23-17-36(58(54,55)56)37(38(48)30(23)18-24)46-45-34-15-14-33(29-13-12-28(20-31(29)34)57(51,52)53)44-42-26-9-4-22(5-10-26)21-2-7-25(8-3-21)41-43-27-11-16-35(47)32(19-27)39(49)50/h1-20,47-48H,40H2,(H,49,50)(H,51,52,53)(H,54,55,56). The fourth-order valence-electron chi connectivity index (χ4n) is 5.81. The van der Waals surface area contributed by atoms with Gasteiger partial charge in [-0.15, -0.1) is 15.3 Å². The molecule has 0 saturated carbocycles. The molecule has 58 heavy (non-hydrogen) atoms. The lowest BCUT2D eigenvalue weighted by molar-refractivity contribution is 0.0693. The number of nitrogen functional groups attached to an aromatic ring is 1. The molecule has 0 heterocycles. The number of phenolic OH excluding ortho intramolecular Hbond substituents is 1. The fourth-order valence-corrected chi connectivity index (χ4v) is 6.98. The first-order valence-corrected chi connectivity index (χ1v) is 19.5. The van der Waals surface area contributed by atoms with Crippen LogP contribution in [0, 0.1) is 0 Å². The van der Waals surface area contributed by atoms with Crippen molar-refractivity contribution in [1.82, 2.24) is 0 Å². The van der Waals surface area contributed by atoms with E-state index in [1.54, 1.807) is 24.3 Å². The van der Waals surface area contributed by atoms with E-state index in [2.05, 4.69) is 30.7 Å². The number of phenols is 2. The summed E-state index contributed by atoms with van der Waals surface area (Å²) in [5.74, 6) is -2.30. The van der Waals surface area contributed by atoms with Crippen LogP contribution in [0.5, 0.6) is 11.5 Å². The van der Waals surface area contributed by atoms with E-state index in [1.807, 2.05) is 24.3 Å². The van der Waals surface area contributed by atoms with Crippen LogP contribution in [-0.4, -0.2) is 47.2 Å². The van der Waals surface area contributed by atoms with Crippen molar-refractivity contribution in [2.45, 2.75) is 9.79 Å². The second-order valence-corrected chi connectivity index (χ2v) is 15.3. The molecule has 0 atom stereocenters. The molecular formula is C39H27N7O10S2. The van der Waals surface area contributed by atoms with Crippen LogP contribution in [0.3, 0.4) is 0 Å². The molecule has 17 nitrogen and oxygen atoms in total. The molecule has 0 bridgehead atoms. The third-order valence-electron chi connectivity index (χ3n) is 8.68. The number of hydrogen-bond acceptors (Lipinski definition) is 14. The monoisotopic (exact) mass is 817 g/mol. The van der Waals surface area contributed by atoms with Crippen molar-refractivity contribution in [2.24, 2.45) is 30.7 Å². The molecule has 290 valence electrons. The van der Waals surface area contributed by atoms with Gasteiger partial charge in [0, 0.05) is 21.8 Å². The van der Waals surface area contributed by atoms with E-state index in [0.717, 1.165) is 29.3 Å². The number of anilines is 1. The van der Waals surface area contributed by atoms with Crippen LogP contribution in [0.4, 0.5) is 39.8 Å². The van der Waals surface area contributed by atoms with Gasteiger partial charge in [-0.05, 0) is 101 Å². The highest BCUT2D eigenvalue weighted by Gasteiger charge is 2.23. The fraction of sp³-hybridized carbons (Fsp3) is 0. The summed E-state index contributed by atoms with van der Waals surface area (Å²) < 4.78 is 68.5. The summed E-state index contributed by atoms with van der Waals surface area (Å²) in [5.41, 5.74) is 8.36. The topological polar surface area (TPSA) is 287 Å². The molecule has 0 aromatic heterocycles. The van der Waals surface area contributed by atoms with Gasteiger partial charge in [-0.25, -0.2) is 4.79 Å². The molecule has 0 fully saturated rings. The van der Waals surface area contributed by atoms with Crippen LogP contribution in [0.1, 0.15) is 10.4 Å². The highest BCUT2D eigenvalue weighted by Crippen LogP contribution is 2.43. The molecule has 7 aromatic carbocycles. The van der Waals surface area contributed by atoms with Crippen molar-refractivity contribution in [3.8, 4) is 22.6 Å². The SMILES string of the molecule is Nc1ccc2cc(S(=O)(=O)O)c(N=Nc3ccc(N=Nc4ccc(-c5ccc(N=Nc6ccc(O)c(C(=O)O)c6)cc5)cc4)c4ccc(S(=O)(=O)O)cc34)c(O)c2c1. The minimum absolute atomic E-state index is 0.0164. The summed E-state index contributed by atoms with van der Waals surface area (Å²) in [5, 5.41) is 55.6. The van der Waals surface area contributed by atoms with Crippen molar-refractivity contribution in [3.05, 3.63) is 127 Å². The number of nitrogens with two attached hydrogens (primary N) is 1. The Hall–Kier alpha value is -7.45. The smallest absolute Gasteiger partial charge is 0.339 e. The summed E-state index contributed by atoms with van der Waals surface area (Å²) in [6, 6.07) is 29.9. The Morgan fingerprint density at radius 3 is 1.71 bits per heavy atom. The molecule has 19 heteroatoms. The molecule has 0 aliphatic heterocycles. The van der Waals surface area contributed by atoms with Gasteiger partial charge in [0.15, 0.2) is 5.75 Å². The highest BCUT2D eigenvalue weighted by atomic mass is 32.2. The Morgan fingerprint density at radius 1 is 0.534 bits per heavy atom. The highest BCUT2D eigenvalue weighted by molar-refractivity contribution is 7.86. The third-order valence-corrected chi connectivity index (χ3v) is 10.4. The van der Waals surface area contributed by atoms with Gasteiger partial charge in [0.25, 0.3) is 20.2 Å². The van der Waals surface area contributed by atoms with Crippen LogP contribution < -0.4 is 5.73 Å². The van der Waals surface area contributed by atoms with Crippen molar-refractivity contribution < 1.29 is 46.1 Å². The van der Waals surface area contributed by atoms with E-state index >= 15 is 0 Å². The van der Waals surface area contributed by atoms with E-state index in [-0.39, 0.29) is 50.2 Å². The predicted molar refractivity (Wildman–Crippen MR) is 213 cm³/mol. The third kappa shape index (κ3) is 8.22. The molecule has 0 spiro atoms. The number of benzene rings is 7. The van der Waals surface area contributed by atoms with Gasteiger partial charge in [-0.3, -0.25) is 9.11 Å². The first-order chi connectivity index (χ1) is 27.5. The van der Waals surface area contributed by atoms with Gasteiger partial charge in [-0.1, -0.05) is 36.4 Å². The summed E-state index contributed by atoms with van der Waals surface area (Å²) in [4.78, 5) is 10.0. The minimum Gasteiger partial charge on any atom is -0.507 e. The molecule has 0 aliphatic carbocycles. The van der Waals surface area contributed by atoms with Crippen molar-refractivity contribution in [1.29, 1.82) is 0 Å².